The van der Waals surface area contributed by atoms with Crippen LogP contribution in [0.5, 0.6) is 11.5 Å². The number of amides is 1. The Kier molecular flexibility index (Phi) is 2.56. The number of carbonyl (C=O) groups is 1. The third kappa shape index (κ3) is 1.80. The second kappa shape index (κ2) is 4.41. The summed E-state index contributed by atoms with van der Waals surface area (Å²) in [6, 6.07) is 7.45. The molecule has 0 saturated carbocycles. The summed E-state index contributed by atoms with van der Waals surface area (Å²) in [5, 5.41) is 8.80. The Morgan fingerprint density at radius 3 is 3.05 bits per heavy atom. The number of nitrogens with zero attached hydrogens (tertiary/aromatic N) is 3. The van der Waals surface area contributed by atoms with Crippen LogP contribution in [0.1, 0.15) is 11.9 Å². The lowest BCUT2D eigenvalue weighted by atomic mass is 10.2. The van der Waals surface area contributed by atoms with Gasteiger partial charge in [0.2, 0.25) is 11.1 Å². The predicted molar refractivity (Wildman–Crippen MR) is 70.4 cm³/mol. The molecule has 1 atom stereocenters. The van der Waals surface area contributed by atoms with Crippen LogP contribution in [0.4, 0.5) is 0 Å². The SMILES string of the molecule is O=C1CSc2nnc([C@@H]3COc4ccccc4O3)n2N1. The van der Waals surface area contributed by atoms with Gasteiger partial charge in [-0.25, -0.2) is 4.68 Å². The van der Waals surface area contributed by atoms with Gasteiger partial charge in [0.1, 0.15) is 6.61 Å². The lowest BCUT2D eigenvalue weighted by Gasteiger charge is -2.26. The monoisotopic (exact) mass is 290 g/mol. The number of fused-ring (bicyclic) bond motifs is 2. The molecular weight excluding hydrogens is 280 g/mol. The highest BCUT2D eigenvalue weighted by molar-refractivity contribution is 7.99. The molecule has 0 unspecified atom stereocenters. The largest absolute Gasteiger partial charge is 0.485 e. The zero-order valence-electron chi connectivity index (χ0n) is 10.3. The minimum atomic E-state index is -0.398. The molecule has 20 heavy (non-hydrogen) atoms. The third-order valence-corrected chi connectivity index (χ3v) is 3.95. The number of hydrogen-bond donors (Lipinski definition) is 1. The summed E-state index contributed by atoms with van der Waals surface area (Å²) >= 11 is 1.35. The highest BCUT2D eigenvalue weighted by atomic mass is 32.2. The van der Waals surface area contributed by atoms with Crippen molar-refractivity contribution < 1.29 is 14.3 Å². The van der Waals surface area contributed by atoms with Crippen molar-refractivity contribution in [1.29, 1.82) is 0 Å². The number of hydrogen-bond acceptors (Lipinski definition) is 6. The van der Waals surface area contributed by atoms with Crippen molar-refractivity contribution in [1.82, 2.24) is 14.9 Å². The van der Waals surface area contributed by atoms with E-state index in [2.05, 4.69) is 15.6 Å². The van der Waals surface area contributed by atoms with Crippen LogP contribution in [0.2, 0.25) is 0 Å². The molecule has 0 saturated heterocycles. The van der Waals surface area contributed by atoms with E-state index >= 15 is 0 Å². The summed E-state index contributed by atoms with van der Waals surface area (Å²) in [6.07, 6.45) is -0.398. The molecular formula is C12H10N4O3S. The number of benzene rings is 1. The summed E-state index contributed by atoms with van der Waals surface area (Å²) in [5.41, 5.74) is 2.73. The minimum absolute atomic E-state index is 0.0827. The number of para-hydroxylation sites is 2. The Morgan fingerprint density at radius 1 is 1.30 bits per heavy atom. The fourth-order valence-corrected chi connectivity index (χ4v) is 2.81. The van der Waals surface area contributed by atoms with E-state index in [0.29, 0.717) is 34.8 Å². The Morgan fingerprint density at radius 2 is 2.15 bits per heavy atom. The highest BCUT2D eigenvalue weighted by Crippen LogP contribution is 2.36. The Bertz CT molecular complexity index is 687. The summed E-state index contributed by atoms with van der Waals surface area (Å²) in [7, 11) is 0. The highest BCUT2D eigenvalue weighted by Gasteiger charge is 2.30. The summed E-state index contributed by atoms with van der Waals surface area (Å²) < 4.78 is 13.1. The predicted octanol–water partition coefficient (Wildman–Crippen LogP) is 0.966. The van der Waals surface area contributed by atoms with Gasteiger partial charge in [0, 0.05) is 0 Å². The van der Waals surface area contributed by atoms with E-state index in [-0.39, 0.29) is 5.91 Å². The lowest BCUT2D eigenvalue weighted by molar-refractivity contribution is -0.115. The van der Waals surface area contributed by atoms with Crippen LogP contribution in [0, 0.1) is 0 Å². The molecule has 0 bridgehead atoms. The van der Waals surface area contributed by atoms with E-state index in [0.717, 1.165) is 0 Å². The number of ether oxygens (including phenoxy) is 2. The molecule has 102 valence electrons. The van der Waals surface area contributed by atoms with Gasteiger partial charge in [-0.15, -0.1) is 10.2 Å². The summed E-state index contributed by atoms with van der Waals surface area (Å²) in [5.74, 6) is 2.18. The first kappa shape index (κ1) is 11.6. The van der Waals surface area contributed by atoms with Crippen LogP contribution in [-0.2, 0) is 4.79 Å². The minimum Gasteiger partial charge on any atom is -0.485 e. The van der Waals surface area contributed by atoms with Crippen LogP contribution in [0.15, 0.2) is 29.4 Å². The Labute approximate surface area is 118 Å². The molecule has 1 aromatic carbocycles. The summed E-state index contributed by atoms with van der Waals surface area (Å²) in [6.45, 7) is 0.329. The van der Waals surface area contributed by atoms with Crippen molar-refractivity contribution in [2.24, 2.45) is 0 Å². The van der Waals surface area contributed by atoms with Gasteiger partial charge >= 0.3 is 0 Å². The molecule has 2 aliphatic rings. The molecule has 3 heterocycles. The number of rotatable bonds is 1. The molecule has 1 amide bonds. The standard InChI is InChI=1S/C12H10N4O3S/c17-10-6-20-12-14-13-11(16(12)15-10)9-5-18-7-3-1-2-4-8(7)19-9/h1-4,9H,5-6H2,(H,15,17)/t9-/m0/s1. The van der Waals surface area contributed by atoms with Gasteiger partial charge in [0.05, 0.1) is 5.75 Å². The second-order valence-corrected chi connectivity index (χ2v) is 5.31. The zero-order chi connectivity index (χ0) is 13.5. The molecule has 4 rings (SSSR count). The van der Waals surface area contributed by atoms with Crippen LogP contribution in [0.3, 0.4) is 0 Å². The topological polar surface area (TPSA) is 78.3 Å². The third-order valence-electron chi connectivity index (χ3n) is 3.02. The van der Waals surface area contributed by atoms with Crippen molar-refractivity contribution in [3.63, 3.8) is 0 Å². The maximum Gasteiger partial charge on any atom is 0.249 e. The second-order valence-electron chi connectivity index (χ2n) is 4.36. The maximum atomic E-state index is 11.5. The van der Waals surface area contributed by atoms with Gasteiger partial charge in [0.15, 0.2) is 23.4 Å². The van der Waals surface area contributed by atoms with E-state index in [9.17, 15) is 4.79 Å². The van der Waals surface area contributed by atoms with Crippen molar-refractivity contribution in [2.45, 2.75) is 11.3 Å². The summed E-state index contributed by atoms with van der Waals surface area (Å²) in [4.78, 5) is 11.5. The van der Waals surface area contributed by atoms with E-state index < -0.39 is 6.10 Å². The molecule has 0 spiro atoms. The van der Waals surface area contributed by atoms with Gasteiger partial charge in [-0.3, -0.25) is 10.2 Å². The fourth-order valence-electron chi connectivity index (χ4n) is 2.12. The molecule has 0 aliphatic carbocycles. The van der Waals surface area contributed by atoms with Crippen molar-refractivity contribution in [3.05, 3.63) is 30.1 Å². The Balaban J connectivity index is 1.67. The van der Waals surface area contributed by atoms with Gasteiger partial charge in [-0.1, -0.05) is 23.9 Å². The zero-order valence-corrected chi connectivity index (χ0v) is 11.1. The van der Waals surface area contributed by atoms with Crippen molar-refractivity contribution in [3.8, 4) is 11.5 Å². The average molecular weight is 290 g/mol. The molecule has 1 aromatic heterocycles. The molecule has 7 nitrogen and oxygen atoms in total. The molecule has 8 heteroatoms. The number of carbonyl (C=O) groups excluding carboxylic acids is 1. The number of thioether (sulfide) groups is 1. The molecule has 0 fully saturated rings. The van der Waals surface area contributed by atoms with Crippen molar-refractivity contribution in [2.75, 3.05) is 17.8 Å². The first-order valence-electron chi connectivity index (χ1n) is 6.08. The van der Waals surface area contributed by atoms with Crippen LogP contribution < -0.4 is 14.9 Å². The normalized spacial score (nSPS) is 20.2. The fraction of sp³-hybridized carbons (Fsp3) is 0.250. The average Bonchev–Trinajstić information content (AvgIpc) is 2.89. The first-order valence-corrected chi connectivity index (χ1v) is 7.06. The molecule has 2 aromatic rings. The number of nitrogens with one attached hydrogen (secondary N) is 1. The lowest BCUT2D eigenvalue weighted by Crippen LogP contribution is -2.33. The van der Waals surface area contributed by atoms with Crippen LogP contribution in [-0.4, -0.2) is 33.1 Å². The number of aromatic nitrogens is 3. The van der Waals surface area contributed by atoms with E-state index in [1.54, 1.807) is 4.68 Å². The van der Waals surface area contributed by atoms with Crippen molar-refractivity contribution >= 4 is 17.7 Å². The molecule has 1 N–H and O–H groups in total. The Hall–Kier alpha value is -2.22. The van der Waals surface area contributed by atoms with Gasteiger partial charge < -0.3 is 9.47 Å². The van der Waals surface area contributed by atoms with Gasteiger partial charge in [-0.2, -0.15) is 0 Å². The quantitative estimate of drug-likeness (QED) is 0.843. The van der Waals surface area contributed by atoms with Crippen LogP contribution >= 0.6 is 11.8 Å². The molecule has 2 aliphatic heterocycles. The van der Waals surface area contributed by atoms with Crippen LogP contribution in [0.25, 0.3) is 0 Å². The molecule has 0 radical (unpaired) electrons. The van der Waals surface area contributed by atoms with E-state index in [4.69, 9.17) is 9.47 Å². The maximum absolute atomic E-state index is 11.5. The first-order chi connectivity index (χ1) is 9.81. The van der Waals surface area contributed by atoms with Gasteiger partial charge in [-0.05, 0) is 12.1 Å². The van der Waals surface area contributed by atoms with E-state index in [1.165, 1.54) is 11.8 Å². The van der Waals surface area contributed by atoms with Gasteiger partial charge in [0.25, 0.3) is 0 Å². The van der Waals surface area contributed by atoms with E-state index in [1.807, 2.05) is 24.3 Å². The smallest absolute Gasteiger partial charge is 0.249 e.